The summed E-state index contributed by atoms with van der Waals surface area (Å²) in [4.78, 5) is 28.2. The van der Waals surface area contributed by atoms with Crippen LogP contribution in [0.4, 0.5) is 15.9 Å². The summed E-state index contributed by atoms with van der Waals surface area (Å²) in [6.45, 7) is 13.4. The summed E-state index contributed by atoms with van der Waals surface area (Å²) < 4.78 is 28.0. The number of furan rings is 1. The van der Waals surface area contributed by atoms with Crippen molar-refractivity contribution in [3.63, 3.8) is 0 Å². The first kappa shape index (κ1) is 31.4. The van der Waals surface area contributed by atoms with Gasteiger partial charge in [-0.15, -0.1) is 0 Å². The fourth-order valence-corrected chi connectivity index (χ4v) is 6.08. The van der Waals surface area contributed by atoms with E-state index in [1.54, 1.807) is 19.2 Å². The molecular weight excluding hydrogens is 585 g/mol. The maximum absolute atomic E-state index is 15.8. The van der Waals surface area contributed by atoms with E-state index in [9.17, 15) is 9.90 Å². The molecule has 0 radical (unpaired) electrons. The zero-order valence-electron chi connectivity index (χ0n) is 27.1. The predicted molar refractivity (Wildman–Crippen MR) is 177 cm³/mol. The molecule has 3 aromatic heterocycles. The molecule has 9 nitrogen and oxygen atoms in total. The molecule has 2 N–H and O–H groups in total. The number of ether oxygens (including phenoxy) is 1. The number of hydrogen-bond acceptors (Lipinski definition) is 8. The van der Waals surface area contributed by atoms with Crippen molar-refractivity contribution in [1.29, 1.82) is 0 Å². The monoisotopic (exact) mass is 625 g/mol. The van der Waals surface area contributed by atoms with E-state index in [0.717, 1.165) is 37.0 Å². The highest BCUT2D eigenvalue weighted by atomic mass is 19.1. The number of aliphatic carboxylic acids is 1. The van der Waals surface area contributed by atoms with E-state index in [2.05, 4.69) is 39.0 Å². The second kappa shape index (κ2) is 12.0. The highest BCUT2D eigenvalue weighted by molar-refractivity contribution is 6.05. The number of halogens is 1. The number of benzene rings is 2. The fourth-order valence-electron chi connectivity index (χ4n) is 6.08. The molecule has 1 aliphatic heterocycles. The lowest BCUT2D eigenvalue weighted by Crippen LogP contribution is -2.39. The minimum absolute atomic E-state index is 0.168. The third-order valence-electron chi connectivity index (χ3n) is 8.65. The minimum Gasteiger partial charge on any atom is -0.479 e. The molecule has 46 heavy (non-hydrogen) atoms. The molecule has 5 aromatic rings. The van der Waals surface area contributed by atoms with Gasteiger partial charge in [-0.2, -0.15) is 0 Å². The molecule has 1 atom stereocenters. The third kappa shape index (κ3) is 6.26. The van der Waals surface area contributed by atoms with E-state index in [1.807, 2.05) is 51.1 Å². The zero-order valence-corrected chi connectivity index (χ0v) is 27.1. The van der Waals surface area contributed by atoms with Gasteiger partial charge in [-0.25, -0.2) is 19.2 Å². The van der Waals surface area contributed by atoms with Crippen molar-refractivity contribution in [3.05, 3.63) is 77.6 Å². The SMILES string of the molecule is Cc1ncc(-c2ccc(CNc3ncnc4c3oc3ccccc34)c(F)c2)c(N2CCC(C)(C)CC2)c1[C@H](OC(C)(C)C)C(=O)O. The smallest absolute Gasteiger partial charge is 0.337 e. The average Bonchev–Trinajstić information content (AvgIpc) is 3.38. The molecule has 6 rings (SSSR count). The molecule has 0 bridgehead atoms. The Morgan fingerprint density at radius 3 is 2.57 bits per heavy atom. The van der Waals surface area contributed by atoms with Crippen molar-refractivity contribution in [1.82, 2.24) is 15.0 Å². The Balaban J connectivity index is 1.37. The average molecular weight is 626 g/mol. The van der Waals surface area contributed by atoms with Crippen LogP contribution in [0.1, 0.15) is 70.4 Å². The Morgan fingerprint density at radius 1 is 1.13 bits per heavy atom. The summed E-state index contributed by atoms with van der Waals surface area (Å²) in [5.74, 6) is -1.02. The van der Waals surface area contributed by atoms with E-state index in [0.29, 0.717) is 50.4 Å². The van der Waals surface area contributed by atoms with E-state index >= 15 is 4.39 Å². The number of anilines is 2. The summed E-state index contributed by atoms with van der Waals surface area (Å²) in [7, 11) is 0. The van der Waals surface area contributed by atoms with Crippen LogP contribution in [0, 0.1) is 18.2 Å². The normalized spacial score (nSPS) is 15.8. The molecule has 2 aromatic carbocycles. The number of rotatable bonds is 8. The third-order valence-corrected chi connectivity index (χ3v) is 8.65. The van der Waals surface area contributed by atoms with Crippen molar-refractivity contribution >= 4 is 39.5 Å². The van der Waals surface area contributed by atoms with Crippen LogP contribution in [-0.2, 0) is 16.1 Å². The largest absolute Gasteiger partial charge is 0.479 e. The molecular formula is C36H40FN5O4. The van der Waals surface area contributed by atoms with Crippen molar-refractivity contribution in [2.45, 2.75) is 72.6 Å². The zero-order chi connectivity index (χ0) is 32.8. The molecule has 1 fully saturated rings. The second-order valence-corrected chi connectivity index (χ2v) is 13.8. The van der Waals surface area contributed by atoms with Gasteiger partial charge in [0.05, 0.1) is 11.3 Å². The lowest BCUT2D eigenvalue weighted by molar-refractivity contribution is -0.160. The number of carboxylic acid groups (broad SMARTS) is 1. The molecule has 1 saturated heterocycles. The second-order valence-electron chi connectivity index (χ2n) is 13.8. The molecule has 0 spiro atoms. The maximum atomic E-state index is 15.8. The van der Waals surface area contributed by atoms with Crippen LogP contribution >= 0.6 is 0 Å². The van der Waals surface area contributed by atoms with Gasteiger partial charge in [-0.3, -0.25) is 4.98 Å². The number of fused-ring (bicyclic) bond motifs is 3. The minimum atomic E-state index is -1.24. The van der Waals surface area contributed by atoms with E-state index in [4.69, 9.17) is 9.15 Å². The first-order chi connectivity index (χ1) is 21.8. The number of para-hydroxylation sites is 1. The van der Waals surface area contributed by atoms with Gasteiger partial charge in [0.1, 0.15) is 23.2 Å². The predicted octanol–water partition coefficient (Wildman–Crippen LogP) is 8.06. The highest BCUT2D eigenvalue weighted by Crippen LogP contribution is 2.43. The van der Waals surface area contributed by atoms with E-state index in [1.165, 1.54) is 12.4 Å². The van der Waals surface area contributed by atoms with Crippen LogP contribution in [0.3, 0.4) is 0 Å². The molecule has 1 aliphatic rings. The highest BCUT2D eigenvalue weighted by Gasteiger charge is 2.36. The fraction of sp³-hybridized carbons (Fsp3) is 0.389. The number of pyridine rings is 1. The Kier molecular flexibility index (Phi) is 8.18. The van der Waals surface area contributed by atoms with Gasteiger partial charge in [0.15, 0.2) is 17.5 Å². The number of aromatic nitrogens is 3. The number of nitrogens with one attached hydrogen (secondary N) is 1. The summed E-state index contributed by atoms with van der Waals surface area (Å²) in [5.41, 5.74) is 4.89. The summed E-state index contributed by atoms with van der Waals surface area (Å²) >= 11 is 0. The summed E-state index contributed by atoms with van der Waals surface area (Å²) in [6.07, 6.45) is 3.81. The lowest BCUT2D eigenvalue weighted by Gasteiger charge is -2.41. The molecule has 0 unspecified atom stereocenters. The first-order valence-electron chi connectivity index (χ1n) is 15.6. The first-order valence-corrected chi connectivity index (χ1v) is 15.6. The Bertz CT molecular complexity index is 1920. The summed E-state index contributed by atoms with van der Waals surface area (Å²) in [6, 6.07) is 12.7. The Hall–Kier alpha value is -4.57. The van der Waals surface area contributed by atoms with Crippen LogP contribution < -0.4 is 10.2 Å². The van der Waals surface area contributed by atoms with E-state index in [-0.39, 0.29) is 12.0 Å². The van der Waals surface area contributed by atoms with Crippen molar-refractivity contribution in [2.24, 2.45) is 5.41 Å². The number of hydrogen-bond donors (Lipinski definition) is 2. The van der Waals surface area contributed by atoms with Crippen molar-refractivity contribution in [3.8, 4) is 11.1 Å². The van der Waals surface area contributed by atoms with Crippen molar-refractivity contribution < 1.29 is 23.4 Å². The number of piperidine rings is 1. The molecule has 4 heterocycles. The van der Waals surface area contributed by atoms with E-state index < -0.39 is 23.5 Å². The number of nitrogens with zero attached hydrogens (tertiary/aromatic N) is 4. The van der Waals surface area contributed by atoms with Crippen LogP contribution in [0.15, 0.2) is 59.4 Å². The van der Waals surface area contributed by atoms with Gasteiger partial charge in [-0.05, 0) is 69.7 Å². The lowest BCUT2D eigenvalue weighted by atomic mass is 9.82. The van der Waals surface area contributed by atoms with Gasteiger partial charge in [-0.1, -0.05) is 38.1 Å². The standard InChI is InChI=1S/C36H40FN5O4/c1-21-28(31(34(43)44)46-35(2,3)4)30(42-15-13-36(5,6)14-16-42)25(19-38-21)22-11-12-23(26(37)17-22)18-39-33-32-29(40-20-41-33)24-9-7-8-10-27(24)45-32/h7-12,17,19-20,31H,13-16,18H2,1-6H3,(H,43,44)(H,39,40,41)/t31-/m0/s1. The number of carboxylic acids is 1. The van der Waals surface area contributed by atoms with Crippen LogP contribution in [-0.4, -0.2) is 44.7 Å². The van der Waals surface area contributed by atoms with Crippen LogP contribution in [0.2, 0.25) is 0 Å². The van der Waals surface area contributed by atoms with Gasteiger partial charge in [0.25, 0.3) is 0 Å². The molecule has 0 amide bonds. The van der Waals surface area contributed by atoms with Gasteiger partial charge >= 0.3 is 5.97 Å². The molecule has 10 heteroatoms. The topological polar surface area (TPSA) is 114 Å². The quantitative estimate of drug-likeness (QED) is 0.177. The number of carbonyl (C=O) groups is 1. The van der Waals surface area contributed by atoms with Crippen molar-refractivity contribution in [2.75, 3.05) is 23.3 Å². The van der Waals surface area contributed by atoms with Crippen LogP contribution in [0.5, 0.6) is 0 Å². The maximum Gasteiger partial charge on any atom is 0.337 e. The Morgan fingerprint density at radius 2 is 1.87 bits per heavy atom. The number of aryl methyl sites for hydroxylation is 1. The Labute approximate surface area is 267 Å². The van der Waals surface area contributed by atoms with Crippen LogP contribution in [0.25, 0.3) is 33.2 Å². The molecule has 240 valence electrons. The molecule has 0 saturated carbocycles. The van der Waals surface area contributed by atoms with Gasteiger partial charge < -0.3 is 24.5 Å². The van der Waals surface area contributed by atoms with Gasteiger partial charge in [0.2, 0.25) is 0 Å². The molecule has 0 aliphatic carbocycles. The summed E-state index contributed by atoms with van der Waals surface area (Å²) in [5, 5.41) is 14.5. The van der Waals surface area contributed by atoms with Gasteiger partial charge in [0, 0.05) is 53.6 Å².